The van der Waals surface area contributed by atoms with E-state index in [-0.39, 0.29) is 11.5 Å². The molecule has 2 aromatic carbocycles. The van der Waals surface area contributed by atoms with Crippen LogP contribution < -0.4 is 9.80 Å². The Balaban J connectivity index is 1.74. The second-order valence-electron chi connectivity index (χ2n) is 7.70. The zero-order chi connectivity index (χ0) is 24.5. The number of aromatic nitrogens is 1. The van der Waals surface area contributed by atoms with Crippen LogP contribution in [0.5, 0.6) is 11.5 Å². The molecule has 0 saturated carbocycles. The van der Waals surface area contributed by atoms with Crippen LogP contribution in [-0.2, 0) is 0 Å². The number of aliphatic imine (C=N–C) groups is 2. The lowest BCUT2D eigenvalue weighted by molar-refractivity contribution is 0.474. The molecule has 1 aromatic heterocycles. The van der Waals surface area contributed by atoms with Crippen LogP contribution in [-0.4, -0.2) is 53.8 Å². The fourth-order valence-corrected chi connectivity index (χ4v) is 3.68. The summed E-state index contributed by atoms with van der Waals surface area (Å²) in [5, 5.41) is 20.8. The van der Waals surface area contributed by atoms with Crippen molar-refractivity contribution < 1.29 is 10.2 Å². The minimum atomic E-state index is 0.172. The van der Waals surface area contributed by atoms with E-state index in [1.54, 1.807) is 36.7 Å². The van der Waals surface area contributed by atoms with Crippen molar-refractivity contribution in [2.24, 2.45) is 9.98 Å². The third-order valence-corrected chi connectivity index (χ3v) is 5.68. The topological polar surface area (TPSA) is 84.6 Å². The van der Waals surface area contributed by atoms with Gasteiger partial charge in [-0.2, -0.15) is 0 Å². The molecule has 34 heavy (non-hydrogen) atoms. The molecule has 0 radical (unpaired) electrons. The minimum absolute atomic E-state index is 0.172. The lowest BCUT2D eigenvalue weighted by Gasteiger charge is -2.21. The molecule has 3 aromatic rings. The molecule has 3 rings (SSSR count). The molecule has 0 aliphatic carbocycles. The molecule has 0 spiro atoms. The van der Waals surface area contributed by atoms with Gasteiger partial charge in [0.05, 0.1) is 0 Å². The summed E-state index contributed by atoms with van der Waals surface area (Å²) >= 11 is 0. The van der Waals surface area contributed by atoms with Crippen LogP contribution in [0.1, 0.15) is 38.8 Å². The van der Waals surface area contributed by atoms with Crippen molar-refractivity contribution in [3.8, 4) is 11.5 Å². The molecule has 0 amide bonds. The van der Waals surface area contributed by atoms with E-state index < -0.39 is 0 Å². The third kappa shape index (κ3) is 6.13. The van der Waals surface area contributed by atoms with Gasteiger partial charge >= 0.3 is 0 Å². The predicted octanol–water partition coefficient (Wildman–Crippen LogP) is 5.69. The third-order valence-electron chi connectivity index (χ3n) is 5.68. The average Bonchev–Trinajstić information content (AvgIpc) is 2.85. The number of anilines is 2. The summed E-state index contributed by atoms with van der Waals surface area (Å²) in [6.07, 6.45) is 3.18. The highest BCUT2D eigenvalue weighted by atomic mass is 16.3. The molecule has 0 aliphatic heterocycles. The number of rotatable bonds is 10. The molecule has 2 N–H and O–H groups in total. The first-order valence-electron chi connectivity index (χ1n) is 11.7. The van der Waals surface area contributed by atoms with Gasteiger partial charge in [-0.1, -0.05) is 6.07 Å². The molecule has 178 valence electrons. The van der Waals surface area contributed by atoms with E-state index in [0.717, 1.165) is 37.6 Å². The first kappa shape index (κ1) is 24.8. The van der Waals surface area contributed by atoms with E-state index in [1.807, 2.05) is 30.3 Å². The maximum atomic E-state index is 10.4. The summed E-state index contributed by atoms with van der Waals surface area (Å²) in [5.41, 5.74) is 3.18. The molecule has 0 fully saturated rings. The Morgan fingerprint density at radius 2 is 1.09 bits per heavy atom. The Kier molecular flexibility index (Phi) is 8.62. The molecular weight excluding hydrogens is 426 g/mol. The van der Waals surface area contributed by atoms with Crippen molar-refractivity contribution in [3.63, 3.8) is 0 Å². The van der Waals surface area contributed by atoms with Crippen LogP contribution in [0, 0.1) is 0 Å². The summed E-state index contributed by atoms with van der Waals surface area (Å²) in [6, 6.07) is 16.5. The summed E-state index contributed by atoms with van der Waals surface area (Å²) < 4.78 is 0. The van der Waals surface area contributed by atoms with E-state index in [9.17, 15) is 10.2 Å². The molecule has 0 aliphatic rings. The Morgan fingerprint density at radius 3 is 1.44 bits per heavy atom. The Labute approximate surface area is 201 Å². The van der Waals surface area contributed by atoms with Gasteiger partial charge in [-0.15, -0.1) is 0 Å². The van der Waals surface area contributed by atoms with Gasteiger partial charge in [-0.05, 0) is 64.1 Å². The molecule has 0 unspecified atom stereocenters. The van der Waals surface area contributed by atoms with Gasteiger partial charge in [0.15, 0.2) is 11.6 Å². The predicted molar refractivity (Wildman–Crippen MR) is 142 cm³/mol. The molecule has 7 nitrogen and oxygen atoms in total. The smallest absolute Gasteiger partial charge is 0.154 e. The highest BCUT2D eigenvalue weighted by Gasteiger charge is 2.07. The summed E-state index contributed by atoms with van der Waals surface area (Å²) in [4.78, 5) is 17.6. The normalized spacial score (nSPS) is 11.4. The van der Waals surface area contributed by atoms with E-state index in [2.05, 4.69) is 52.5 Å². The summed E-state index contributed by atoms with van der Waals surface area (Å²) in [6.45, 7) is 11.8. The van der Waals surface area contributed by atoms with E-state index in [4.69, 9.17) is 0 Å². The maximum absolute atomic E-state index is 10.4. The number of hydrogen-bond donors (Lipinski definition) is 2. The van der Waals surface area contributed by atoms with Crippen molar-refractivity contribution in [2.75, 3.05) is 36.0 Å². The lowest BCUT2D eigenvalue weighted by Crippen LogP contribution is -2.21. The number of benzene rings is 2. The summed E-state index contributed by atoms with van der Waals surface area (Å²) in [5.74, 6) is 1.29. The number of nitrogens with zero attached hydrogens (tertiary/aromatic N) is 5. The van der Waals surface area contributed by atoms with Crippen LogP contribution in [0.2, 0.25) is 0 Å². The van der Waals surface area contributed by atoms with Crippen LogP contribution >= 0.6 is 0 Å². The van der Waals surface area contributed by atoms with Crippen LogP contribution in [0.4, 0.5) is 23.0 Å². The zero-order valence-corrected chi connectivity index (χ0v) is 20.3. The fourth-order valence-electron chi connectivity index (χ4n) is 3.68. The molecule has 1 heterocycles. The van der Waals surface area contributed by atoms with Crippen molar-refractivity contribution in [3.05, 3.63) is 65.7 Å². The van der Waals surface area contributed by atoms with Crippen molar-refractivity contribution in [1.82, 2.24) is 4.98 Å². The first-order chi connectivity index (χ1) is 16.5. The first-order valence-corrected chi connectivity index (χ1v) is 11.7. The monoisotopic (exact) mass is 459 g/mol. The van der Waals surface area contributed by atoms with E-state index >= 15 is 0 Å². The number of aromatic hydroxyl groups is 2. The Hall–Kier alpha value is -3.87. The average molecular weight is 460 g/mol. The van der Waals surface area contributed by atoms with Crippen LogP contribution in [0.25, 0.3) is 0 Å². The van der Waals surface area contributed by atoms with Crippen LogP contribution in [0.15, 0.2) is 64.6 Å². The van der Waals surface area contributed by atoms with Gasteiger partial charge in [-0.25, -0.2) is 15.0 Å². The highest BCUT2D eigenvalue weighted by Crippen LogP contribution is 2.26. The standard InChI is InChI=1S/C27H33N5O2/c1-5-31(6-2)22-14-12-20(24(33)16-22)18-28-26-10-9-11-27(30-26)29-19-21-13-15-23(17-25(21)34)32(7-3)8-4/h9-19,33-34H,5-8H2,1-4H3/b28-18+,29-19+. The molecular formula is C27H33N5O2. The molecule has 0 atom stereocenters. The van der Waals surface area contributed by atoms with Crippen LogP contribution in [0.3, 0.4) is 0 Å². The van der Waals surface area contributed by atoms with Crippen molar-refractivity contribution >= 4 is 35.4 Å². The van der Waals surface area contributed by atoms with Crippen molar-refractivity contribution in [1.29, 1.82) is 0 Å². The van der Waals surface area contributed by atoms with Gasteiger partial charge in [0.2, 0.25) is 0 Å². The van der Waals surface area contributed by atoms with Gasteiger partial charge < -0.3 is 20.0 Å². The lowest BCUT2D eigenvalue weighted by atomic mass is 10.2. The number of pyridine rings is 1. The second kappa shape index (κ2) is 11.8. The van der Waals surface area contributed by atoms with Gasteiger partial charge in [0, 0.05) is 73.2 Å². The quantitative estimate of drug-likeness (QED) is 0.381. The molecule has 0 bridgehead atoms. The van der Waals surface area contributed by atoms with Gasteiger partial charge in [0.25, 0.3) is 0 Å². The number of phenolic OH excluding ortho intramolecular Hbond substituents is 2. The highest BCUT2D eigenvalue weighted by molar-refractivity contribution is 5.87. The minimum Gasteiger partial charge on any atom is -0.507 e. The van der Waals surface area contributed by atoms with Gasteiger partial charge in [-0.3, -0.25) is 0 Å². The van der Waals surface area contributed by atoms with Crippen molar-refractivity contribution in [2.45, 2.75) is 27.7 Å². The zero-order valence-electron chi connectivity index (χ0n) is 20.3. The second-order valence-corrected chi connectivity index (χ2v) is 7.70. The molecule has 7 heteroatoms. The summed E-state index contributed by atoms with van der Waals surface area (Å²) in [7, 11) is 0. The Morgan fingerprint density at radius 1 is 0.676 bits per heavy atom. The van der Waals surface area contributed by atoms with E-state index in [0.29, 0.717) is 22.8 Å². The maximum Gasteiger partial charge on any atom is 0.154 e. The largest absolute Gasteiger partial charge is 0.507 e. The van der Waals surface area contributed by atoms with E-state index in [1.165, 1.54) is 0 Å². The molecule has 0 saturated heterocycles. The SMILES string of the molecule is CCN(CC)c1ccc(/C=N/c2cccc(/N=C/c3ccc(N(CC)CC)cc3O)n2)c(O)c1. The number of phenols is 2. The Bertz CT molecular complexity index is 1060. The fraction of sp³-hybridized carbons (Fsp3) is 0.296. The van der Waals surface area contributed by atoms with Gasteiger partial charge in [0.1, 0.15) is 11.5 Å². The number of hydrogen-bond acceptors (Lipinski definition) is 7.